The Labute approximate surface area is 112 Å². The average Bonchev–Trinajstić information content (AvgIpc) is 2.73. The van der Waals surface area contributed by atoms with Crippen molar-refractivity contribution in [2.75, 3.05) is 19.6 Å². The molecular formula is C12H21N5O2. The number of carbonyl (C=O) groups excluding carboxylic acids is 2. The summed E-state index contributed by atoms with van der Waals surface area (Å²) < 4.78 is 1.75. The maximum atomic E-state index is 12.3. The second kappa shape index (κ2) is 6.89. The van der Waals surface area contributed by atoms with Crippen LogP contribution in [-0.4, -0.2) is 46.1 Å². The Kier molecular flexibility index (Phi) is 5.50. The van der Waals surface area contributed by atoms with Crippen molar-refractivity contribution >= 4 is 11.8 Å². The highest BCUT2D eigenvalue weighted by atomic mass is 16.2. The van der Waals surface area contributed by atoms with Crippen LogP contribution in [0.1, 0.15) is 29.4 Å². The number of hydrogen-bond acceptors (Lipinski definition) is 4. The van der Waals surface area contributed by atoms with Crippen LogP contribution in [0.5, 0.6) is 0 Å². The molecule has 106 valence electrons. The van der Waals surface area contributed by atoms with Crippen molar-refractivity contribution in [2.45, 2.75) is 26.8 Å². The molecule has 7 heteroatoms. The summed E-state index contributed by atoms with van der Waals surface area (Å²) in [5.74, 6) is -0.749. The third-order valence-electron chi connectivity index (χ3n) is 2.92. The lowest BCUT2D eigenvalue weighted by Gasteiger charge is -2.18. The van der Waals surface area contributed by atoms with Crippen LogP contribution in [0.3, 0.4) is 0 Å². The van der Waals surface area contributed by atoms with E-state index < -0.39 is 5.91 Å². The molecule has 0 aromatic carbocycles. The van der Waals surface area contributed by atoms with Crippen LogP contribution in [0, 0.1) is 6.92 Å². The summed E-state index contributed by atoms with van der Waals surface area (Å²) in [5, 5.41) is 4.17. The summed E-state index contributed by atoms with van der Waals surface area (Å²) in [4.78, 5) is 24.6. The molecule has 1 aromatic rings. The average molecular weight is 267 g/mol. The minimum absolute atomic E-state index is 0.0806. The fourth-order valence-electron chi connectivity index (χ4n) is 1.81. The molecule has 0 saturated carbocycles. The van der Waals surface area contributed by atoms with Crippen molar-refractivity contribution < 1.29 is 9.59 Å². The zero-order chi connectivity index (χ0) is 14.4. The van der Waals surface area contributed by atoms with E-state index in [9.17, 15) is 9.59 Å². The van der Waals surface area contributed by atoms with E-state index in [0.29, 0.717) is 25.2 Å². The van der Waals surface area contributed by atoms with Crippen molar-refractivity contribution in [3.05, 3.63) is 17.5 Å². The summed E-state index contributed by atoms with van der Waals surface area (Å²) in [6.45, 7) is 5.23. The van der Waals surface area contributed by atoms with Crippen LogP contribution in [-0.2, 0) is 11.3 Å². The third-order valence-corrected chi connectivity index (χ3v) is 2.92. The molecule has 0 aliphatic heterocycles. The Hall–Kier alpha value is -1.89. The quantitative estimate of drug-likeness (QED) is 0.693. The van der Waals surface area contributed by atoms with E-state index in [1.165, 1.54) is 11.1 Å². The fourth-order valence-corrected chi connectivity index (χ4v) is 1.81. The van der Waals surface area contributed by atoms with Gasteiger partial charge < -0.3 is 16.4 Å². The molecule has 0 aliphatic rings. The Morgan fingerprint density at radius 1 is 1.47 bits per heavy atom. The zero-order valence-corrected chi connectivity index (χ0v) is 11.4. The monoisotopic (exact) mass is 267 g/mol. The van der Waals surface area contributed by atoms with Crippen LogP contribution >= 0.6 is 0 Å². The number of amides is 2. The zero-order valence-electron chi connectivity index (χ0n) is 11.4. The molecule has 0 fully saturated rings. The Bertz CT molecular complexity index is 455. The highest BCUT2D eigenvalue weighted by Crippen LogP contribution is 2.11. The standard InChI is InChI=1S/C12H21N5O2/c1-3-16(8-11(14)18)12(19)10-7-15-17(9(10)2)6-4-5-13/h7H,3-6,8,13H2,1-2H3,(H2,14,18). The number of aryl methyl sites for hydroxylation is 1. The van der Waals surface area contributed by atoms with Gasteiger partial charge in [0.1, 0.15) is 0 Å². The van der Waals surface area contributed by atoms with Crippen LogP contribution in [0.2, 0.25) is 0 Å². The van der Waals surface area contributed by atoms with Crippen molar-refractivity contribution in [1.29, 1.82) is 0 Å². The second-order valence-electron chi connectivity index (χ2n) is 4.29. The number of primary amides is 1. The van der Waals surface area contributed by atoms with E-state index in [1.54, 1.807) is 11.6 Å². The molecule has 0 spiro atoms. The summed E-state index contributed by atoms with van der Waals surface area (Å²) in [6.07, 6.45) is 2.33. The number of nitrogens with two attached hydrogens (primary N) is 2. The molecule has 0 bridgehead atoms. The first-order valence-corrected chi connectivity index (χ1v) is 6.31. The summed E-state index contributed by atoms with van der Waals surface area (Å²) in [5.41, 5.74) is 11.9. The fraction of sp³-hybridized carbons (Fsp3) is 0.583. The van der Waals surface area contributed by atoms with Crippen LogP contribution in [0.25, 0.3) is 0 Å². The van der Waals surface area contributed by atoms with Gasteiger partial charge in [0.2, 0.25) is 5.91 Å². The van der Waals surface area contributed by atoms with Crippen LogP contribution in [0.4, 0.5) is 0 Å². The molecule has 7 nitrogen and oxygen atoms in total. The van der Waals surface area contributed by atoms with Gasteiger partial charge in [-0.25, -0.2) is 0 Å². The normalized spacial score (nSPS) is 10.5. The maximum absolute atomic E-state index is 12.3. The lowest BCUT2D eigenvalue weighted by Crippen LogP contribution is -2.38. The number of aromatic nitrogens is 2. The van der Waals surface area contributed by atoms with Gasteiger partial charge in [0.25, 0.3) is 5.91 Å². The van der Waals surface area contributed by atoms with Crippen molar-refractivity contribution in [2.24, 2.45) is 11.5 Å². The highest BCUT2D eigenvalue weighted by molar-refractivity contribution is 5.97. The smallest absolute Gasteiger partial charge is 0.257 e. The Balaban J connectivity index is 2.86. The van der Waals surface area contributed by atoms with E-state index in [-0.39, 0.29) is 12.5 Å². The van der Waals surface area contributed by atoms with Gasteiger partial charge in [0.05, 0.1) is 18.3 Å². The van der Waals surface area contributed by atoms with Gasteiger partial charge in [-0.15, -0.1) is 0 Å². The highest BCUT2D eigenvalue weighted by Gasteiger charge is 2.20. The lowest BCUT2D eigenvalue weighted by molar-refractivity contribution is -0.118. The molecular weight excluding hydrogens is 246 g/mol. The first kappa shape index (κ1) is 15.2. The van der Waals surface area contributed by atoms with E-state index in [1.807, 2.05) is 6.92 Å². The SMILES string of the molecule is CCN(CC(N)=O)C(=O)c1cnn(CCCN)c1C. The number of carbonyl (C=O) groups is 2. The second-order valence-corrected chi connectivity index (χ2v) is 4.29. The number of nitrogens with zero attached hydrogens (tertiary/aromatic N) is 3. The van der Waals surface area contributed by atoms with Gasteiger partial charge in [-0.1, -0.05) is 0 Å². The lowest BCUT2D eigenvalue weighted by atomic mass is 10.2. The van der Waals surface area contributed by atoms with Gasteiger partial charge in [-0.2, -0.15) is 5.10 Å². The molecule has 1 aromatic heterocycles. The van der Waals surface area contributed by atoms with E-state index >= 15 is 0 Å². The number of rotatable bonds is 7. The first-order valence-electron chi connectivity index (χ1n) is 6.31. The molecule has 0 radical (unpaired) electrons. The molecule has 0 saturated heterocycles. The molecule has 0 aliphatic carbocycles. The Morgan fingerprint density at radius 2 is 2.16 bits per heavy atom. The van der Waals surface area contributed by atoms with Crippen molar-refractivity contribution in [3.8, 4) is 0 Å². The third kappa shape index (κ3) is 3.78. The molecule has 1 rings (SSSR count). The molecule has 4 N–H and O–H groups in total. The van der Waals surface area contributed by atoms with Crippen molar-refractivity contribution in [1.82, 2.24) is 14.7 Å². The van der Waals surface area contributed by atoms with Gasteiger partial charge in [0, 0.05) is 18.8 Å². The maximum Gasteiger partial charge on any atom is 0.257 e. The van der Waals surface area contributed by atoms with Crippen LogP contribution < -0.4 is 11.5 Å². The van der Waals surface area contributed by atoms with Crippen molar-refractivity contribution in [3.63, 3.8) is 0 Å². The Morgan fingerprint density at radius 3 is 2.68 bits per heavy atom. The summed E-state index contributed by atoms with van der Waals surface area (Å²) >= 11 is 0. The first-order chi connectivity index (χ1) is 9.01. The molecule has 0 unspecified atom stereocenters. The van der Waals surface area contributed by atoms with E-state index in [2.05, 4.69) is 5.10 Å². The number of likely N-dealkylation sites (N-methyl/N-ethyl adjacent to an activating group) is 1. The minimum atomic E-state index is -0.525. The molecule has 19 heavy (non-hydrogen) atoms. The topological polar surface area (TPSA) is 107 Å². The summed E-state index contributed by atoms with van der Waals surface area (Å²) in [7, 11) is 0. The largest absolute Gasteiger partial charge is 0.368 e. The van der Waals surface area contributed by atoms with Gasteiger partial charge in [0.15, 0.2) is 0 Å². The molecule has 2 amide bonds. The van der Waals surface area contributed by atoms with Crippen LogP contribution in [0.15, 0.2) is 6.20 Å². The van der Waals surface area contributed by atoms with Gasteiger partial charge >= 0.3 is 0 Å². The van der Waals surface area contributed by atoms with E-state index in [4.69, 9.17) is 11.5 Å². The minimum Gasteiger partial charge on any atom is -0.368 e. The van der Waals surface area contributed by atoms with E-state index in [0.717, 1.165) is 12.1 Å². The molecule has 0 atom stereocenters. The van der Waals surface area contributed by atoms with Gasteiger partial charge in [-0.3, -0.25) is 14.3 Å². The summed E-state index contributed by atoms with van der Waals surface area (Å²) in [6, 6.07) is 0. The predicted molar refractivity (Wildman–Crippen MR) is 71.4 cm³/mol. The predicted octanol–water partition coefficient (Wildman–Crippen LogP) is -0.512. The van der Waals surface area contributed by atoms with Gasteiger partial charge in [-0.05, 0) is 26.8 Å². The molecule has 1 heterocycles. The number of hydrogen-bond donors (Lipinski definition) is 2.